The van der Waals surface area contributed by atoms with Gasteiger partial charge in [-0.25, -0.2) is 15.0 Å². The maximum absolute atomic E-state index is 5.21. The third kappa shape index (κ3) is 3.66. The molecule has 0 aliphatic heterocycles. The molecular weight excluding hydrogens is 562 g/mol. The van der Waals surface area contributed by atoms with Crippen LogP contribution < -0.4 is 0 Å². The summed E-state index contributed by atoms with van der Waals surface area (Å²) in [5, 5.41) is 3.26. The van der Waals surface area contributed by atoms with Crippen LogP contribution in [0.4, 0.5) is 0 Å². The van der Waals surface area contributed by atoms with E-state index in [-0.39, 0.29) is 0 Å². The number of rotatable bonds is 3. The van der Waals surface area contributed by atoms with Gasteiger partial charge in [0.1, 0.15) is 11.5 Å². The Balaban J connectivity index is 1.17. The van der Waals surface area contributed by atoms with Gasteiger partial charge in [0.2, 0.25) is 0 Å². The highest BCUT2D eigenvalue weighted by molar-refractivity contribution is 6.15. The number of imidazole rings is 2. The normalized spacial score (nSPS) is 11.9. The van der Waals surface area contributed by atoms with Gasteiger partial charge in [0, 0.05) is 27.4 Å². The van der Waals surface area contributed by atoms with Gasteiger partial charge in [-0.15, -0.1) is 0 Å². The van der Waals surface area contributed by atoms with E-state index in [4.69, 9.17) is 15.0 Å². The number of pyridine rings is 2. The van der Waals surface area contributed by atoms with Gasteiger partial charge in [-0.05, 0) is 71.8 Å². The van der Waals surface area contributed by atoms with Crippen molar-refractivity contribution >= 4 is 60.4 Å². The summed E-state index contributed by atoms with van der Waals surface area (Å²) >= 11 is 0. The van der Waals surface area contributed by atoms with Crippen LogP contribution >= 0.6 is 0 Å². The van der Waals surface area contributed by atoms with Gasteiger partial charge in [0.25, 0.3) is 0 Å². The Morgan fingerprint density at radius 1 is 0.413 bits per heavy atom. The molecule has 0 bridgehead atoms. The molecule has 0 radical (unpaired) electrons. The molecular formula is C41H25N5. The fourth-order valence-electron chi connectivity index (χ4n) is 6.91. The lowest BCUT2D eigenvalue weighted by atomic mass is 10.00. The van der Waals surface area contributed by atoms with Crippen molar-refractivity contribution in [3.63, 3.8) is 0 Å². The number of fused-ring (bicyclic) bond motifs is 10. The average molecular weight is 588 g/mol. The van der Waals surface area contributed by atoms with Crippen LogP contribution in [0.3, 0.4) is 0 Å². The highest BCUT2D eigenvalue weighted by Crippen LogP contribution is 2.36. The number of benzene rings is 6. The van der Waals surface area contributed by atoms with Gasteiger partial charge in [-0.1, -0.05) is 91.0 Å². The summed E-state index contributed by atoms with van der Waals surface area (Å²) in [6.07, 6.45) is 0. The molecule has 0 N–H and O–H groups in total. The lowest BCUT2D eigenvalue weighted by Gasteiger charge is -2.12. The van der Waals surface area contributed by atoms with E-state index in [2.05, 4.69) is 136 Å². The molecule has 0 saturated heterocycles. The zero-order valence-corrected chi connectivity index (χ0v) is 24.7. The van der Waals surface area contributed by atoms with E-state index < -0.39 is 0 Å². The molecule has 46 heavy (non-hydrogen) atoms. The lowest BCUT2D eigenvalue weighted by molar-refractivity contribution is 1.10. The van der Waals surface area contributed by atoms with E-state index in [1.807, 2.05) is 24.3 Å². The Kier molecular flexibility index (Phi) is 5.22. The molecule has 5 heteroatoms. The Bertz CT molecular complexity index is 2790. The molecule has 0 fully saturated rings. The molecule has 0 saturated carbocycles. The van der Waals surface area contributed by atoms with E-state index in [1.54, 1.807) is 0 Å². The summed E-state index contributed by atoms with van der Waals surface area (Å²) in [5.74, 6) is 0.925. The van der Waals surface area contributed by atoms with Crippen LogP contribution in [0.15, 0.2) is 152 Å². The molecule has 0 aliphatic rings. The van der Waals surface area contributed by atoms with E-state index in [9.17, 15) is 0 Å². The van der Waals surface area contributed by atoms with Crippen molar-refractivity contribution in [2.75, 3.05) is 0 Å². The van der Waals surface area contributed by atoms with Gasteiger partial charge in [0.15, 0.2) is 0 Å². The Morgan fingerprint density at radius 2 is 1.07 bits per heavy atom. The predicted octanol–water partition coefficient (Wildman–Crippen LogP) is 10.0. The summed E-state index contributed by atoms with van der Waals surface area (Å²) < 4.78 is 4.52. The molecule has 0 unspecified atom stereocenters. The van der Waals surface area contributed by atoms with Crippen LogP contribution in [-0.4, -0.2) is 23.9 Å². The first-order valence-corrected chi connectivity index (χ1v) is 15.5. The van der Waals surface area contributed by atoms with Gasteiger partial charge in [-0.3, -0.25) is 8.97 Å². The van der Waals surface area contributed by atoms with Crippen molar-refractivity contribution in [1.82, 2.24) is 23.9 Å². The van der Waals surface area contributed by atoms with E-state index in [0.29, 0.717) is 0 Å². The molecule has 4 heterocycles. The minimum Gasteiger partial charge on any atom is -0.292 e. The van der Waals surface area contributed by atoms with Crippen LogP contribution in [-0.2, 0) is 0 Å². The molecule has 0 amide bonds. The second-order valence-corrected chi connectivity index (χ2v) is 11.7. The third-order valence-electron chi connectivity index (χ3n) is 9.07. The van der Waals surface area contributed by atoms with Crippen molar-refractivity contribution in [3.8, 4) is 28.2 Å². The maximum Gasteiger partial charge on any atom is 0.147 e. The molecule has 4 aromatic heterocycles. The van der Waals surface area contributed by atoms with Gasteiger partial charge in [0.05, 0.1) is 38.6 Å². The highest BCUT2D eigenvalue weighted by atomic mass is 15.1. The molecule has 214 valence electrons. The summed E-state index contributed by atoms with van der Waals surface area (Å²) in [6.45, 7) is 0. The number of hydrogen-bond donors (Lipinski definition) is 0. The van der Waals surface area contributed by atoms with E-state index in [0.717, 1.165) is 88.6 Å². The molecule has 10 rings (SSSR count). The first-order valence-electron chi connectivity index (χ1n) is 15.5. The largest absolute Gasteiger partial charge is 0.292 e. The summed E-state index contributed by atoms with van der Waals surface area (Å²) in [4.78, 5) is 15.3. The standard InChI is InChI=1S/C41H25N5/c1-2-11-30(12-3-1)45-37-16-8-6-14-34(37)43-40(45)27-20-18-26(19-21-27)28-22-23-36-31(24-28)39-32(25-29-10-4-5-13-33(29)42-39)41-44-35-15-7-9-17-38(35)46(36)41/h1-25H. The Labute approximate surface area is 263 Å². The van der Waals surface area contributed by atoms with Crippen LogP contribution in [0.5, 0.6) is 0 Å². The second-order valence-electron chi connectivity index (χ2n) is 11.7. The zero-order valence-electron chi connectivity index (χ0n) is 24.7. The highest BCUT2D eigenvalue weighted by Gasteiger charge is 2.17. The number of aromatic nitrogens is 5. The topological polar surface area (TPSA) is 48.0 Å². The lowest BCUT2D eigenvalue weighted by Crippen LogP contribution is -1.97. The first-order chi connectivity index (χ1) is 22.8. The molecule has 6 aromatic carbocycles. The zero-order chi connectivity index (χ0) is 30.2. The summed E-state index contributed by atoms with van der Waals surface area (Å²) in [5.41, 5.74) is 12.5. The minimum atomic E-state index is 0.925. The third-order valence-corrected chi connectivity index (χ3v) is 9.07. The fourth-order valence-corrected chi connectivity index (χ4v) is 6.91. The van der Waals surface area contributed by atoms with Crippen LogP contribution in [0, 0.1) is 0 Å². The number of hydrogen-bond acceptors (Lipinski definition) is 3. The minimum absolute atomic E-state index is 0.925. The van der Waals surface area contributed by atoms with Crippen LogP contribution in [0.1, 0.15) is 0 Å². The van der Waals surface area contributed by atoms with Crippen molar-refractivity contribution in [2.24, 2.45) is 0 Å². The van der Waals surface area contributed by atoms with Crippen molar-refractivity contribution < 1.29 is 0 Å². The molecule has 10 aromatic rings. The summed E-state index contributed by atoms with van der Waals surface area (Å²) in [6, 6.07) is 53.1. The van der Waals surface area contributed by atoms with Crippen LogP contribution in [0.25, 0.3) is 88.6 Å². The van der Waals surface area contributed by atoms with Gasteiger partial charge in [-0.2, -0.15) is 0 Å². The number of para-hydroxylation sites is 6. The average Bonchev–Trinajstić information content (AvgIpc) is 3.71. The Morgan fingerprint density at radius 3 is 1.89 bits per heavy atom. The van der Waals surface area contributed by atoms with Crippen molar-refractivity contribution in [3.05, 3.63) is 152 Å². The van der Waals surface area contributed by atoms with Crippen LogP contribution in [0.2, 0.25) is 0 Å². The monoisotopic (exact) mass is 587 g/mol. The molecule has 0 aliphatic carbocycles. The maximum atomic E-state index is 5.21. The van der Waals surface area contributed by atoms with Gasteiger partial charge >= 0.3 is 0 Å². The fraction of sp³-hybridized carbons (Fsp3) is 0. The van der Waals surface area contributed by atoms with Gasteiger partial charge < -0.3 is 0 Å². The smallest absolute Gasteiger partial charge is 0.147 e. The SMILES string of the molecule is c1ccc(-n2c(-c3ccc(-c4ccc5c(c4)c4nc6ccccc6cc4c4nc6ccccc6n54)cc3)nc3ccccc32)cc1. The first kappa shape index (κ1) is 25.0. The quantitative estimate of drug-likeness (QED) is 0.153. The van der Waals surface area contributed by atoms with Crippen molar-refractivity contribution in [2.45, 2.75) is 0 Å². The van der Waals surface area contributed by atoms with E-state index in [1.165, 1.54) is 0 Å². The molecule has 0 atom stereocenters. The number of nitrogens with zero attached hydrogens (tertiary/aromatic N) is 5. The molecule has 5 nitrogen and oxygen atoms in total. The predicted molar refractivity (Wildman–Crippen MR) is 189 cm³/mol. The molecule has 0 spiro atoms. The Hall–Kier alpha value is -6.33. The second kappa shape index (κ2) is 9.58. The van der Waals surface area contributed by atoms with Crippen molar-refractivity contribution in [1.29, 1.82) is 0 Å². The van der Waals surface area contributed by atoms with E-state index >= 15 is 0 Å². The summed E-state index contributed by atoms with van der Waals surface area (Å²) in [7, 11) is 0.